The number of hydrogen-bond acceptors (Lipinski definition) is 5. The molecular weight excluding hydrogens is 349 g/mol. The van der Waals surface area contributed by atoms with Gasteiger partial charge in [0.2, 0.25) is 0 Å². The van der Waals surface area contributed by atoms with E-state index in [1.807, 2.05) is 29.3 Å². The molecule has 0 aromatic carbocycles. The van der Waals surface area contributed by atoms with Gasteiger partial charge < -0.3 is 10.6 Å². The van der Waals surface area contributed by atoms with Gasteiger partial charge in [0.25, 0.3) is 5.91 Å². The molecule has 0 radical (unpaired) electrons. The SMILES string of the molecule is Cc1nc(-c2cccs2)sc1C(=O)N1CC[C@@H](N)C1.Cl.Cl. The minimum Gasteiger partial charge on any atom is -0.336 e. The molecule has 0 spiro atoms. The van der Waals surface area contributed by atoms with Crippen LogP contribution < -0.4 is 5.73 Å². The van der Waals surface area contributed by atoms with E-state index < -0.39 is 0 Å². The molecule has 0 aliphatic carbocycles. The van der Waals surface area contributed by atoms with Gasteiger partial charge in [0.05, 0.1) is 10.6 Å². The Balaban J connectivity index is 0.00000110. The third-order valence-corrected chi connectivity index (χ3v) is 5.42. The molecule has 2 aromatic heterocycles. The lowest BCUT2D eigenvalue weighted by Gasteiger charge is -2.14. The number of aromatic nitrogens is 1. The number of carbonyl (C=O) groups is 1. The predicted octanol–water partition coefficient (Wildman–Crippen LogP) is 3.20. The van der Waals surface area contributed by atoms with Gasteiger partial charge in [-0.25, -0.2) is 4.98 Å². The summed E-state index contributed by atoms with van der Waals surface area (Å²) in [4.78, 5) is 20.7. The zero-order valence-corrected chi connectivity index (χ0v) is 14.7. The molecule has 0 unspecified atom stereocenters. The zero-order chi connectivity index (χ0) is 13.4. The van der Waals surface area contributed by atoms with Gasteiger partial charge in [0.15, 0.2) is 0 Å². The van der Waals surface area contributed by atoms with E-state index in [-0.39, 0.29) is 36.8 Å². The van der Waals surface area contributed by atoms with Gasteiger partial charge in [-0.2, -0.15) is 0 Å². The van der Waals surface area contributed by atoms with Crippen molar-refractivity contribution in [2.45, 2.75) is 19.4 Å². The minimum atomic E-state index is 0. The van der Waals surface area contributed by atoms with Gasteiger partial charge in [-0.05, 0) is 24.8 Å². The van der Waals surface area contributed by atoms with Crippen LogP contribution >= 0.6 is 47.5 Å². The second-order valence-electron chi connectivity index (χ2n) is 4.71. The number of carbonyl (C=O) groups excluding carboxylic acids is 1. The number of nitrogens with two attached hydrogens (primary N) is 1. The second kappa shape index (κ2) is 7.56. The standard InChI is InChI=1S/C13H15N3OS2.2ClH/c1-8-11(13(17)16-5-4-9(14)7-16)19-12(15-8)10-3-2-6-18-10;;/h2-3,6,9H,4-5,7,14H2,1H3;2*1H/t9-;;/m1../s1. The van der Waals surface area contributed by atoms with Crippen molar-refractivity contribution in [2.24, 2.45) is 5.73 Å². The van der Waals surface area contributed by atoms with E-state index in [0.717, 1.165) is 33.4 Å². The molecule has 116 valence electrons. The molecule has 3 rings (SSSR count). The summed E-state index contributed by atoms with van der Waals surface area (Å²) in [5.74, 6) is 0.0748. The third-order valence-electron chi connectivity index (χ3n) is 3.23. The van der Waals surface area contributed by atoms with E-state index in [1.54, 1.807) is 11.3 Å². The lowest BCUT2D eigenvalue weighted by atomic mass is 10.3. The summed E-state index contributed by atoms with van der Waals surface area (Å²) in [5, 5.41) is 2.95. The first kappa shape index (κ1) is 18.4. The van der Waals surface area contributed by atoms with Gasteiger partial charge in [-0.1, -0.05) is 6.07 Å². The van der Waals surface area contributed by atoms with E-state index in [9.17, 15) is 4.79 Å². The predicted molar refractivity (Wildman–Crippen MR) is 93.2 cm³/mol. The van der Waals surface area contributed by atoms with Crippen molar-refractivity contribution < 1.29 is 4.79 Å². The maximum absolute atomic E-state index is 12.4. The number of halogens is 2. The summed E-state index contributed by atoms with van der Waals surface area (Å²) in [7, 11) is 0. The largest absolute Gasteiger partial charge is 0.336 e. The fourth-order valence-electron chi connectivity index (χ4n) is 2.22. The van der Waals surface area contributed by atoms with Crippen LogP contribution in [0, 0.1) is 6.92 Å². The molecule has 0 bridgehead atoms. The molecule has 1 fully saturated rings. The summed E-state index contributed by atoms with van der Waals surface area (Å²) in [5.41, 5.74) is 6.68. The highest BCUT2D eigenvalue weighted by molar-refractivity contribution is 7.22. The molecule has 21 heavy (non-hydrogen) atoms. The van der Waals surface area contributed by atoms with Crippen molar-refractivity contribution in [3.05, 3.63) is 28.1 Å². The van der Waals surface area contributed by atoms with Crippen LogP contribution in [0.3, 0.4) is 0 Å². The maximum atomic E-state index is 12.4. The van der Waals surface area contributed by atoms with Crippen LogP contribution in [0.4, 0.5) is 0 Å². The van der Waals surface area contributed by atoms with Gasteiger partial charge in [-0.15, -0.1) is 47.5 Å². The Labute approximate surface area is 144 Å². The van der Waals surface area contributed by atoms with Crippen LogP contribution in [0.2, 0.25) is 0 Å². The third kappa shape index (κ3) is 3.76. The lowest BCUT2D eigenvalue weighted by molar-refractivity contribution is 0.0794. The summed E-state index contributed by atoms with van der Waals surface area (Å²) < 4.78 is 0. The fourth-order valence-corrected chi connectivity index (χ4v) is 4.05. The van der Waals surface area contributed by atoms with Gasteiger partial charge in [-0.3, -0.25) is 4.79 Å². The van der Waals surface area contributed by atoms with Crippen molar-refractivity contribution >= 4 is 53.4 Å². The van der Waals surface area contributed by atoms with Crippen molar-refractivity contribution in [2.75, 3.05) is 13.1 Å². The van der Waals surface area contributed by atoms with Crippen molar-refractivity contribution in [1.82, 2.24) is 9.88 Å². The van der Waals surface area contributed by atoms with E-state index >= 15 is 0 Å². The second-order valence-corrected chi connectivity index (χ2v) is 6.66. The lowest BCUT2D eigenvalue weighted by Crippen LogP contribution is -2.31. The highest BCUT2D eigenvalue weighted by atomic mass is 35.5. The zero-order valence-electron chi connectivity index (χ0n) is 11.4. The number of thiazole rings is 1. The number of likely N-dealkylation sites (tertiary alicyclic amines) is 1. The molecule has 3 heterocycles. The molecular formula is C13H17Cl2N3OS2. The number of aryl methyl sites for hydroxylation is 1. The normalized spacial score (nSPS) is 17.2. The van der Waals surface area contributed by atoms with Crippen LogP contribution in [0.25, 0.3) is 9.88 Å². The quantitative estimate of drug-likeness (QED) is 0.888. The Bertz CT molecular complexity index is 601. The highest BCUT2D eigenvalue weighted by Crippen LogP contribution is 2.32. The first-order valence-electron chi connectivity index (χ1n) is 6.21. The van der Waals surface area contributed by atoms with Crippen LogP contribution in [-0.2, 0) is 0 Å². The smallest absolute Gasteiger partial charge is 0.265 e. The Kier molecular flexibility index (Phi) is 6.62. The molecule has 1 aliphatic rings. The van der Waals surface area contributed by atoms with Gasteiger partial charge in [0, 0.05) is 19.1 Å². The van der Waals surface area contributed by atoms with E-state index in [1.165, 1.54) is 11.3 Å². The molecule has 2 aromatic rings. The van der Waals surface area contributed by atoms with Crippen LogP contribution in [0.5, 0.6) is 0 Å². The molecule has 1 atom stereocenters. The number of thiophene rings is 1. The van der Waals surface area contributed by atoms with Gasteiger partial charge in [0.1, 0.15) is 9.88 Å². The molecule has 2 N–H and O–H groups in total. The monoisotopic (exact) mass is 365 g/mol. The fraction of sp³-hybridized carbons (Fsp3) is 0.385. The Morgan fingerprint density at radius 3 is 2.81 bits per heavy atom. The molecule has 1 amide bonds. The van der Waals surface area contributed by atoms with E-state index in [0.29, 0.717) is 6.54 Å². The average Bonchev–Trinajstić information content (AvgIpc) is 3.07. The molecule has 8 heteroatoms. The number of rotatable bonds is 2. The maximum Gasteiger partial charge on any atom is 0.265 e. The summed E-state index contributed by atoms with van der Waals surface area (Å²) in [6.07, 6.45) is 0.890. The molecule has 1 saturated heterocycles. The van der Waals surface area contributed by atoms with Crippen LogP contribution in [0.1, 0.15) is 21.8 Å². The van der Waals surface area contributed by atoms with Crippen LogP contribution in [-0.4, -0.2) is 34.9 Å². The topological polar surface area (TPSA) is 59.2 Å². The Morgan fingerprint density at radius 1 is 1.48 bits per heavy atom. The number of hydrogen-bond donors (Lipinski definition) is 1. The Morgan fingerprint density at radius 2 is 2.24 bits per heavy atom. The van der Waals surface area contributed by atoms with Gasteiger partial charge >= 0.3 is 0 Å². The molecule has 4 nitrogen and oxygen atoms in total. The molecule has 0 saturated carbocycles. The molecule has 1 aliphatic heterocycles. The summed E-state index contributed by atoms with van der Waals surface area (Å²) in [6.45, 7) is 3.31. The minimum absolute atomic E-state index is 0. The van der Waals surface area contributed by atoms with Crippen molar-refractivity contribution in [3.63, 3.8) is 0 Å². The highest BCUT2D eigenvalue weighted by Gasteiger charge is 2.27. The first-order valence-corrected chi connectivity index (χ1v) is 7.91. The van der Waals surface area contributed by atoms with E-state index in [4.69, 9.17) is 5.73 Å². The van der Waals surface area contributed by atoms with E-state index in [2.05, 4.69) is 4.98 Å². The summed E-state index contributed by atoms with van der Waals surface area (Å²) >= 11 is 3.13. The van der Waals surface area contributed by atoms with Crippen molar-refractivity contribution in [3.8, 4) is 9.88 Å². The average molecular weight is 366 g/mol. The Hall–Kier alpha value is -0.660. The first-order chi connectivity index (χ1) is 9.15. The number of nitrogens with zero attached hydrogens (tertiary/aromatic N) is 2. The van der Waals surface area contributed by atoms with Crippen LogP contribution in [0.15, 0.2) is 17.5 Å². The number of amides is 1. The summed E-state index contributed by atoms with van der Waals surface area (Å²) in [6, 6.07) is 4.15. The van der Waals surface area contributed by atoms with Crippen molar-refractivity contribution in [1.29, 1.82) is 0 Å².